The van der Waals surface area contributed by atoms with E-state index in [-0.39, 0.29) is 12.3 Å². The standard InChI is InChI=1S/C22H25BrN6O3/c23-14-4-5-18-16(11-14)21(27-29(18)20-3-1-2-10-32-20)17-12-25-13-19(26-17)28(22(30)31)15-6-8-24-9-7-15/h4-5,11-13,15,20,24H,1-3,6-10H2,(H,30,31). The Morgan fingerprint density at radius 2 is 2.06 bits per heavy atom. The Bertz CT molecular complexity index is 1120. The van der Waals surface area contributed by atoms with E-state index in [0.717, 1.165) is 67.2 Å². The lowest BCUT2D eigenvalue weighted by Crippen LogP contribution is -2.46. The predicted octanol–water partition coefficient (Wildman–Crippen LogP) is 4.19. The molecule has 4 heterocycles. The van der Waals surface area contributed by atoms with Gasteiger partial charge in [0, 0.05) is 22.5 Å². The van der Waals surface area contributed by atoms with Gasteiger partial charge in [-0.15, -0.1) is 0 Å². The first-order valence-corrected chi connectivity index (χ1v) is 11.8. The molecule has 32 heavy (non-hydrogen) atoms. The number of carbonyl (C=O) groups is 1. The molecule has 168 valence electrons. The summed E-state index contributed by atoms with van der Waals surface area (Å²) in [7, 11) is 0. The van der Waals surface area contributed by atoms with Gasteiger partial charge in [0.25, 0.3) is 0 Å². The van der Waals surface area contributed by atoms with Gasteiger partial charge < -0.3 is 15.2 Å². The highest BCUT2D eigenvalue weighted by Crippen LogP contribution is 2.34. The molecule has 0 saturated carbocycles. The summed E-state index contributed by atoms with van der Waals surface area (Å²) in [6.07, 6.45) is 6.55. The maximum atomic E-state index is 12.1. The summed E-state index contributed by atoms with van der Waals surface area (Å²) < 4.78 is 8.84. The molecule has 0 bridgehead atoms. The molecular formula is C22H25BrN6O3. The van der Waals surface area contributed by atoms with Gasteiger partial charge in [-0.25, -0.2) is 14.5 Å². The van der Waals surface area contributed by atoms with Gasteiger partial charge in [0.1, 0.15) is 11.4 Å². The number of benzene rings is 1. The van der Waals surface area contributed by atoms with Crippen LogP contribution in [0.5, 0.6) is 0 Å². The van der Waals surface area contributed by atoms with Crippen LogP contribution in [0.25, 0.3) is 22.3 Å². The van der Waals surface area contributed by atoms with Crippen LogP contribution >= 0.6 is 15.9 Å². The van der Waals surface area contributed by atoms with Crippen LogP contribution in [0, 0.1) is 0 Å². The van der Waals surface area contributed by atoms with Crippen molar-refractivity contribution < 1.29 is 14.6 Å². The number of halogens is 1. The van der Waals surface area contributed by atoms with Gasteiger partial charge in [-0.3, -0.25) is 9.88 Å². The molecule has 2 aliphatic heterocycles. The number of nitrogens with zero attached hydrogens (tertiary/aromatic N) is 5. The van der Waals surface area contributed by atoms with Crippen LogP contribution in [-0.4, -0.2) is 56.7 Å². The highest BCUT2D eigenvalue weighted by Gasteiger charge is 2.29. The molecule has 3 aromatic rings. The SMILES string of the molecule is O=C(O)N(c1cncc(-c2nn(C3CCCCO3)c3ccc(Br)cc23)n1)C1CCNCC1. The number of ether oxygens (including phenoxy) is 1. The van der Waals surface area contributed by atoms with Crippen LogP contribution in [0.4, 0.5) is 10.6 Å². The first-order valence-electron chi connectivity index (χ1n) is 11.0. The molecular weight excluding hydrogens is 476 g/mol. The number of carboxylic acid groups (broad SMARTS) is 1. The van der Waals surface area contributed by atoms with E-state index in [1.807, 2.05) is 22.9 Å². The van der Waals surface area contributed by atoms with Crippen molar-refractivity contribution in [3.8, 4) is 11.4 Å². The third kappa shape index (κ3) is 4.10. The van der Waals surface area contributed by atoms with Gasteiger partial charge in [0.05, 0.1) is 17.9 Å². The number of rotatable bonds is 4. The van der Waals surface area contributed by atoms with E-state index in [0.29, 0.717) is 17.2 Å². The topological polar surface area (TPSA) is 105 Å². The lowest BCUT2D eigenvalue weighted by Gasteiger charge is -2.31. The number of hydrogen-bond donors (Lipinski definition) is 2. The van der Waals surface area contributed by atoms with Gasteiger partial charge in [0.15, 0.2) is 12.0 Å². The number of aromatic nitrogens is 4. The predicted molar refractivity (Wildman–Crippen MR) is 124 cm³/mol. The summed E-state index contributed by atoms with van der Waals surface area (Å²) in [6.45, 7) is 2.29. The zero-order valence-electron chi connectivity index (χ0n) is 17.6. The Balaban J connectivity index is 1.58. The van der Waals surface area contributed by atoms with Crippen molar-refractivity contribution in [1.82, 2.24) is 25.1 Å². The van der Waals surface area contributed by atoms with Crippen molar-refractivity contribution >= 4 is 38.7 Å². The summed E-state index contributed by atoms with van der Waals surface area (Å²) in [5.74, 6) is 0.327. The Labute approximate surface area is 193 Å². The fraction of sp³-hybridized carbons (Fsp3) is 0.455. The fourth-order valence-corrected chi connectivity index (χ4v) is 4.89. The van der Waals surface area contributed by atoms with E-state index in [9.17, 15) is 9.90 Å². The molecule has 2 N–H and O–H groups in total. The molecule has 9 nitrogen and oxygen atoms in total. The maximum Gasteiger partial charge on any atom is 0.413 e. The van der Waals surface area contributed by atoms with Gasteiger partial charge in [-0.1, -0.05) is 15.9 Å². The first-order chi connectivity index (χ1) is 15.6. The third-order valence-corrected chi connectivity index (χ3v) is 6.58. The van der Waals surface area contributed by atoms with E-state index >= 15 is 0 Å². The number of anilines is 1. The summed E-state index contributed by atoms with van der Waals surface area (Å²) in [5, 5.41) is 19.0. The largest absolute Gasteiger partial charge is 0.465 e. The van der Waals surface area contributed by atoms with E-state index in [2.05, 4.69) is 26.2 Å². The average Bonchev–Trinajstić information content (AvgIpc) is 3.19. The third-order valence-electron chi connectivity index (χ3n) is 6.09. The molecule has 0 radical (unpaired) electrons. The van der Waals surface area contributed by atoms with Gasteiger partial charge in [-0.2, -0.15) is 5.10 Å². The Morgan fingerprint density at radius 3 is 2.81 bits per heavy atom. The molecule has 1 amide bonds. The van der Waals surface area contributed by atoms with E-state index in [1.54, 1.807) is 6.20 Å². The van der Waals surface area contributed by atoms with Gasteiger partial charge in [0.2, 0.25) is 0 Å². The smallest absolute Gasteiger partial charge is 0.413 e. The van der Waals surface area contributed by atoms with Crippen LogP contribution in [0.1, 0.15) is 38.3 Å². The van der Waals surface area contributed by atoms with Crippen molar-refractivity contribution in [2.45, 2.75) is 44.4 Å². The lowest BCUT2D eigenvalue weighted by atomic mass is 10.1. The molecule has 2 fully saturated rings. The van der Waals surface area contributed by atoms with Crippen molar-refractivity contribution in [3.05, 3.63) is 35.1 Å². The number of amides is 1. The Hall–Kier alpha value is -2.56. The molecule has 2 aromatic heterocycles. The average molecular weight is 501 g/mol. The van der Waals surface area contributed by atoms with Gasteiger partial charge >= 0.3 is 6.09 Å². The second kappa shape index (κ2) is 9.13. The number of hydrogen-bond acceptors (Lipinski definition) is 6. The summed E-state index contributed by atoms with van der Waals surface area (Å²) in [6, 6.07) is 5.88. The highest BCUT2D eigenvalue weighted by molar-refractivity contribution is 9.10. The lowest BCUT2D eigenvalue weighted by molar-refractivity contribution is -0.0365. The van der Waals surface area contributed by atoms with Crippen LogP contribution in [0.15, 0.2) is 35.1 Å². The summed E-state index contributed by atoms with van der Waals surface area (Å²) in [5.41, 5.74) is 2.16. The molecule has 5 rings (SSSR count). The number of fused-ring (bicyclic) bond motifs is 1. The summed E-state index contributed by atoms with van der Waals surface area (Å²) >= 11 is 3.56. The Morgan fingerprint density at radius 1 is 1.22 bits per heavy atom. The summed E-state index contributed by atoms with van der Waals surface area (Å²) in [4.78, 5) is 22.5. The van der Waals surface area contributed by atoms with Crippen molar-refractivity contribution in [3.63, 3.8) is 0 Å². The first kappa shape index (κ1) is 21.3. The molecule has 0 aliphatic carbocycles. The molecule has 1 atom stereocenters. The molecule has 2 aliphatic rings. The minimum Gasteiger partial charge on any atom is -0.465 e. The molecule has 0 spiro atoms. The van der Waals surface area contributed by atoms with Crippen molar-refractivity contribution in [2.75, 3.05) is 24.6 Å². The van der Waals surface area contributed by atoms with Crippen molar-refractivity contribution in [2.24, 2.45) is 0 Å². The second-order valence-corrected chi connectivity index (χ2v) is 9.09. The van der Waals surface area contributed by atoms with E-state index < -0.39 is 6.09 Å². The quantitative estimate of drug-likeness (QED) is 0.552. The minimum atomic E-state index is -1.02. The second-order valence-electron chi connectivity index (χ2n) is 8.17. The molecule has 1 aromatic carbocycles. The highest BCUT2D eigenvalue weighted by atomic mass is 79.9. The molecule has 1 unspecified atom stereocenters. The maximum absolute atomic E-state index is 12.1. The van der Waals surface area contributed by atoms with Gasteiger partial charge in [-0.05, 0) is 63.4 Å². The number of piperidine rings is 1. The van der Waals surface area contributed by atoms with Crippen molar-refractivity contribution in [1.29, 1.82) is 0 Å². The fourth-order valence-electron chi connectivity index (χ4n) is 4.53. The van der Waals surface area contributed by atoms with Crippen LogP contribution < -0.4 is 10.2 Å². The minimum absolute atomic E-state index is 0.123. The van der Waals surface area contributed by atoms with Crippen LogP contribution in [-0.2, 0) is 4.74 Å². The number of nitrogens with one attached hydrogen (secondary N) is 1. The van der Waals surface area contributed by atoms with Crippen LogP contribution in [0.3, 0.4) is 0 Å². The normalized spacial score (nSPS) is 19.8. The Kier molecular flexibility index (Phi) is 6.07. The monoisotopic (exact) mass is 500 g/mol. The molecule has 10 heteroatoms. The zero-order chi connectivity index (χ0) is 22.1. The molecule has 2 saturated heterocycles. The van der Waals surface area contributed by atoms with E-state index in [1.165, 1.54) is 11.1 Å². The van der Waals surface area contributed by atoms with Crippen LogP contribution in [0.2, 0.25) is 0 Å². The van der Waals surface area contributed by atoms with E-state index in [4.69, 9.17) is 14.8 Å². The zero-order valence-corrected chi connectivity index (χ0v) is 19.2.